The van der Waals surface area contributed by atoms with Gasteiger partial charge in [-0.25, -0.2) is 0 Å². The molecule has 1 aromatic carbocycles. The van der Waals surface area contributed by atoms with Crippen molar-refractivity contribution in [3.63, 3.8) is 0 Å². The first-order valence-electron chi connectivity index (χ1n) is 7.60. The molecule has 0 radical (unpaired) electrons. The highest BCUT2D eigenvalue weighted by atomic mass is 16.4. The molecule has 0 amide bonds. The first kappa shape index (κ1) is 14.8. The van der Waals surface area contributed by atoms with E-state index in [0.29, 0.717) is 18.3 Å². The van der Waals surface area contributed by atoms with Gasteiger partial charge >= 0.3 is 5.97 Å². The fourth-order valence-electron chi connectivity index (χ4n) is 2.98. The molecule has 0 aromatic heterocycles. The monoisotopic (exact) mass is 272 g/mol. The number of benzene rings is 1. The van der Waals surface area contributed by atoms with E-state index in [2.05, 4.69) is 37.3 Å². The van der Waals surface area contributed by atoms with Crippen LogP contribution in [-0.2, 0) is 4.79 Å². The van der Waals surface area contributed by atoms with Crippen LogP contribution in [0.1, 0.15) is 55.6 Å². The second kappa shape index (κ2) is 7.28. The van der Waals surface area contributed by atoms with E-state index in [1.807, 2.05) is 6.08 Å². The first-order valence-corrected chi connectivity index (χ1v) is 7.60. The topological polar surface area (TPSA) is 37.3 Å². The fraction of sp³-hybridized carbons (Fsp3) is 0.500. The van der Waals surface area contributed by atoms with E-state index >= 15 is 0 Å². The van der Waals surface area contributed by atoms with Crippen molar-refractivity contribution in [1.82, 2.24) is 0 Å². The fourth-order valence-corrected chi connectivity index (χ4v) is 2.98. The minimum atomic E-state index is -0.710. The van der Waals surface area contributed by atoms with E-state index < -0.39 is 5.97 Å². The van der Waals surface area contributed by atoms with Crippen LogP contribution in [0.3, 0.4) is 0 Å². The Kier molecular flexibility index (Phi) is 5.40. The average molecular weight is 272 g/mol. The summed E-state index contributed by atoms with van der Waals surface area (Å²) in [5.74, 6) is 0.641. The number of carboxylic acids is 1. The third-order valence-electron chi connectivity index (χ3n) is 4.25. The molecule has 2 nitrogen and oxygen atoms in total. The summed E-state index contributed by atoms with van der Waals surface area (Å²) in [7, 11) is 0. The van der Waals surface area contributed by atoms with Crippen LogP contribution in [0.15, 0.2) is 36.4 Å². The molecule has 1 N–H and O–H groups in total. The highest BCUT2D eigenvalue weighted by Gasteiger charge is 2.20. The number of hydrogen-bond donors (Lipinski definition) is 1. The molecule has 108 valence electrons. The summed E-state index contributed by atoms with van der Waals surface area (Å²) in [5.41, 5.74) is 2.80. The second-order valence-electron chi connectivity index (χ2n) is 5.88. The van der Waals surface area contributed by atoms with Crippen molar-refractivity contribution in [3.8, 4) is 0 Å². The van der Waals surface area contributed by atoms with Crippen molar-refractivity contribution in [2.45, 2.75) is 51.4 Å². The molecule has 1 saturated carbocycles. The standard InChI is InChI=1S/C18H24O2/c1-14-6-10-16(11-7-14)17-12-8-15(9-13-17)4-2-3-5-18(19)20/h2,4,6-7,10-11,15,17H,3,5,8-9,12-13H2,1H3,(H,19,20)/t15-,17-. The number of hydrogen-bond acceptors (Lipinski definition) is 1. The average Bonchev–Trinajstić information content (AvgIpc) is 2.45. The predicted octanol–water partition coefficient (Wildman–Crippen LogP) is 4.69. The maximum atomic E-state index is 10.4. The number of rotatable bonds is 5. The van der Waals surface area contributed by atoms with Crippen molar-refractivity contribution >= 4 is 5.97 Å². The molecule has 0 aliphatic heterocycles. The summed E-state index contributed by atoms with van der Waals surface area (Å²) < 4.78 is 0. The molecular formula is C18H24O2. The molecule has 1 aliphatic rings. The molecule has 1 aromatic rings. The van der Waals surface area contributed by atoms with E-state index in [1.165, 1.54) is 36.8 Å². The van der Waals surface area contributed by atoms with Gasteiger partial charge in [-0.3, -0.25) is 4.79 Å². The maximum Gasteiger partial charge on any atom is 0.303 e. The molecule has 20 heavy (non-hydrogen) atoms. The van der Waals surface area contributed by atoms with Gasteiger partial charge in [0, 0.05) is 6.42 Å². The SMILES string of the molecule is Cc1ccc([C@H]2CC[C@H](C=CCCC(=O)O)CC2)cc1. The lowest BCUT2D eigenvalue weighted by Crippen LogP contribution is -2.11. The van der Waals surface area contributed by atoms with E-state index in [1.54, 1.807) is 0 Å². The zero-order valence-corrected chi connectivity index (χ0v) is 12.2. The Hall–Kier alpha value is -1.57. The van der Waals surface area contributed by atoms with Gasteiger partial charge in [-0.05, 0) is 56.4 Å². The van der Waals surface area contributed by atoms with Gasteiger partial charge in [0.15, 0.2) is 0 Å². The lowest BCUT2D eigenvalue weighted by Gasteiger charge is -2.27. The molecule has 0 bridgehead atoms. The van der Waals surface area contributed by atoms with Gasteiger partial charge in [0.2, 0.25) is 0 Å². The lowest BCUT2D eigenvalue weighted by atomic mass is 9.78. The maximum absolute atomic E-state index is 10.4. The van der Waals surface area contributed by atoms with E-state index in [0.717, 1.165) is 0 Å². The van der Waals surface area contributed by atoms with Gasteiger partial charge < -0.3 is 5.11 Å². The van der Waals surface area contributed by atoms with Gasteiger partial charge in [0.25, 0.3) is 0 Å². The van der Waals surface area contributed by atoms with Crippen molar-refractivity contribution < 1.29 is 9.90 Å². The Balaban J connectivity index is 1.77. The number of aliphatic carboxylic acids is 1. The summed E-state index contributed by atoms with van der Waals surface area (Å²) in [6.45, 7) is 2.13. The summed E-state index contributed by atoms with van der Waals surface area (Å²) in [5, 5.41) is 8.60. The number of aryl methyl sites for hydroxylation is 1. The van der Waals surface area contributed by atoms with Crippen LogP contribution in [-0.4, -0.2) is 11.1 Å². The summed E-state index contributed by atoms with van der Waals surface area (Å²) in [6, 6.07) is 8.94. The van der Waals surface area contributed by atoms with Crippen molar-refractivity contribution in [1.29, 1.82) is 0 Å². The first-order chi connectivity index (χ1) is 9.65. The molecule has 2 heteroatoms. The van der Waals surface area contributed by atoms with Crippen LogP contribution in [0.25, 0.3) is 0 Å². The third-order valence-corrected chi connectivity index (χ3v) is 4.25. The molecule has 0 spiro atoms. The quantitative estimate of drug-likeness (QED) is 0.789. The van der Waals surface area contributed by atoms with Gasteiger partial charge in [0.05, 0.1) is 0 Å². The number of carboxylic acid groups (broad SMARTS) is 1. The Morgan fingerprint density at radius 3 is 2.45 bits per heavy atom. The molecule has 0 atom stereocenters. The minimum absolute atomic E-state index is 0.245. The van der Waals surface area contributed by atoms with Gasteiger partial charge in [-0.15, -0.1) is 0 Å². The molecule has 0 heterocycles. The van der Waals surface area contributed by atoms with Crippen LogP contribution in [0.5, 0.6) is 0 Å². The zero-order chi connectivity index (χ0) is 14.4. The van der Waals surface area contributed by atoms with E-state index in [4.69, 9.17) is 5.11 Å². The Morgan fingerprint density at radius 2 is 1.85 bits per heavy atom. The Bertz CT molecular complexity index is 451. The van der Waals surface area contributed by atoms with Crippen molar-refractivity contribution in [2.75, 3.05) is 0 Å². The van der Waals surface area contributed by atoms with E-state index in [-0.39, 0.29) is 6.42 Å². The smallest absolute Gasteiger partial charge is 0.303 e. The van der Waals surface area contributed by atoms with Crippen LogP contribution >= 0.6 is 0 Å². The molecule has 0 saturated heterocycles. The molecule has 2 rings (SSSR count). The second-order valence-corrected chi connectivity index (χ2v) is 5.88. The normalized spacial score (nSPS) is 23.1. The largest absolute Gasteiger partial charge is 0.481 e. The van der Waals surface area contributed by atoms with Gasteiger partial charge in [0.1, 0.15) is 0 Å². The highest BCUT2D eigenvalue weighted by molar-refractivity contribution is 5.66. The van der Waals surface area contributed by atoms with Crippen LogP contribution < -0.4 is 0 Å². The molecule has 0 unspecified atom stereocenters. The van der Waals surface area contributed by atoms with Gasteiger partial charge in [-0.1, -0.05) is 42.0 Å². The minimum Gasteiger partial charge on any atom is -0.481 e. The molecule has 1 fully saturated rings. The Labute approximate surface area is 121 Å². The zero-order valence-electron chi connectivity index (χ0n) is 12.2. The Morgan fingerprint density at radius 1 is 1.20 bits per heavy atom. The summed E-state index contributed by atoms with van der Waals surface area (Å²) in [4.78, 5) is 10.4. The van der Waals surface area contributed by atoms with Crippen molar-refractivity contribution in [2.24, 2.45) is 5.92 Å². The molecule has 1 aliphatic carbocycles. The van der Waals surface area contributed by atoms with Crippen molar-refractivity contribution in [3.05, 3.63) is 47.5 Å². The lowest BCUT2D eigenvalue weighted by molar-refractivity contribution is -0.136. The summed E-state index contributed by atoms with van der Waals surface area (Å²) >= 11 is 0. The van der Waals surface area contributed by atoms with Crippen LogP contribution in [0, 0.1) is 12.8 Å². The van der Waals surface area contributed by atoms with Crippen LogP contribution in [0.4, 0.5) is 0 Å². The third kappa shape index (κ3) is 4.52. The molecular weight excluding hydrogens is 248 g/mol. The van der Waals surface area contributed by atoms with Gasteiger partial charge in [-0.2, -0.15) is 0 Å². The van der Waals surface area contributed by atoms with E-state index in [9.17, 15) is 4.79 Å². The number of carbonyl (C=O) groups is 1. The summed E-state index contributed by atoms with van der Waals surface area (Å²) in [6.07, 6.45) is 10.1. The van der Waals surface area contributed by atoms with Crippen LogP contribution in [0.2, 0.25) is 0 Å². The number of allylic oxidation sites excluding steroid dienone is 2. The highest BCUT2D eigenvalue weighted by Crippen LogP contribution is 2.36. The predicted molar refractivity (Wildman–Crippen MR) is 81.9 cm³/mol.